The van der Waals surface area contributed by atoms with E-state index >= 15 is 0 Å². The summed E-state index contributed by atoms with van der Waals surface area (Å²) in [5.41, 5.74) is 12.8. The van der Waals surface area contributed by atoms with Gasteiger partial charge in [-0.25, -0.2) is 40.4 Å². The van der Waals surface area contributed by atoms with Gasteiger partial charge >= 0.3 is 0 Å². The summed E-state index contributed by atoms with van der Waals surface area (Å²) in [5, 5.41) is 62.3. The number of hydrogen-bond acceptors (Lipinski definition) is 15. The maximum absolute atomic E-state index is 13.7. The monoisotopic (exact) mass is 1490 g/mol. The fourth-order valence-electron chi connectivity index (χ4n) is 14.5. The van der Waals surface area contributed by atoms with Crippen LogP contribution in [-0.4, -0.2) is 137 Å². The third-order valence-electron chi connectivity index (χ3n) is 20.2. The number of hydrogen-bond donors (Lipinski definition) is 9. The Morgan fingerprint density at radius 3 is 1.01 bits per heavy atom. The largest absolute Gasteiger partial charge is 0.390 e. The Morgan fingerprint density at radius 1 is 0.472 bits per heavy atom. The lowest BCUT2D eigenvalue weighted by molar-refractivity contribution is -0.184. The van der Waals surface area contributed by atoms with E-state index < -0.39 is 83.2 Å². The van der Waals surface area contributed by atoms with Crippen LogP contribution in [0.3, 0.4) is 0 Å². The molecule has 576 valence electrons. The highest BCUT2D eigenvalue weighted by Crippen LogP contribution is 2.56. The number of nitrogens with one attached hydrogen (secondary N) is 5. The van der Waals surface area contributed by atoms with Crippen molar-refractivity contribution in [1.82, 2.24) is 61.0 Å². The van der Waals surface area contributed by atoms with E-state index in [-0.39, 0.29) is 60.8 Å². The van der Waals surface area contributed by atoms with E-state index in [1.54, 1.807) is 28.0 Å². The first-order valence-corrected chi connectivity index (χ1v) is 36.2. The van der Waals surface area contributed by atoms with Gasteiger partial charge in [0.25, 0.3) is 0 Å². The number of rotatable bonds is 30. The zero-order chi connectivity index (χ0) is 78.0. The van der Waals surface area contributed by atoms with Gasteiger partial charge in [0, 0.05) is 125 Å². The molecule has 3 fully saturated rings. The lowest BCUT2D eigenvalue weighted by Gasteiger charge is -2.28. The zero-order valence-corrected chi connectivity index (χ0v) is 61.9. The van der Waals surface area contributed by atoms with Crippen LogP contribution in [0.5, 0.6) is 0 Å². The summed E-state index contributed by atoms with van der Waals surface area (Å²) in [7, 11) is 1.27. The molecule has 12 rings (SSSR count). The van der Waals surface area contributed by atoms with Gasteiger partial charge in [-0.15, -0.1) is 0 Å². The van der Waals surface area contributed by atoms with Crippen LogP contribution in [0, 0.1) is 52.7 Å². The predicted octanol–water partition coefficient (Wildman–Crippen LogP) is 10.2. The lowest BCUT2D eigenvalue weighted by Crippen LogP contribution is -2.50. The molecular weight excluding hydrogens is 1400 g/mol. The molecule has 9 aromatic rings. The number of carbonyl (C=O) groups excluding carboxylic acids is 4. The molecule has 0 aliphatic heterocycles. The molecule has 4 amide bonds. The smallest absolute Gasteiger partial charge is 0.250 e. The van der Waals surface area contributed by atoms with Crippen LogP contribution >= 0.6 is 0 Å². The summed E-state index contributed by atoms with van der Waals surface area (Å²) in [6, 6.07) is 37.9. The van der Waals surface area contributed by atoms with E-state index in [0.717, 1.165) is 90.5 Å². The molecule has 0 saturated heterocycles. The number of imide groups is 1. The number of aromatic nitrogens is 6. The van der Waals surface area contributed by atoms with Crippen LogP contribution in [0.25, 0.3) is 17.1 Å². The highest BCUT2D eigenvalue weighted by molar-refractivity contribution is 5.91. The first kappa shape index (κ1) is 82.3. The minimum absolute atomic E-state index is 0.107. The molecule has 6 aromatic carbocycles. The summed E-state index contributed by atoms with van der Waals surface area (Å²) < 4.78 is 86.9. The molecule has 10 N–H and O–H groups in total. The van der Waals surface area contributed by atoms with E-state index in [9.17, 15) is 60.8 Å². The van der Waals surface area contributed by atoms with Crippen LogP contribution in [-0.2, 0) is 59.9 Å². The number of nitrogens with zero attached hydrogens (tertiary/aromatic N) is 7. The predicted molar refractivity (Wildman–Crippen MR) is 397 cm³/mol. The van der Waals surface area contributed by atoms with Gasteiger partial charge < -0.3 is 47.6 Å². The molecule has 0 spiro atoms. The van der Waals surface area contributed by atoms with Gasteiger partial charge in [0.2, 0.25) is 23.6 Å². The third-order valence-corrected chi connectivity index (χ3v) is 20.2. The van der Waals surface area contributed by atoms with Crippen LogP contribution in [0.1, 0.15) is 120 Å². The minimum Gasteiger partial charge on any atom is -0.390 e. The summed E-state index contributed by atoms with van der Waals surface area (Å²) in [4.78, 5) is 48.7. The molecule has 12 unspecified atom stereocenters. The van der Waals surface area contributed by atoms with Crippen molar-refractivity contribution in [3.05, 3.63) is 251 Å². The summed E-state index contributed by atoms with van der Waals surface area (Å²) in [6.45, 7) is 12.4. The number of amides is 4. The molecule has 0 radical (unpaired) electrons. The molecule has 108 heavy (non-hydrogen) atoms. The van der Waals surface area contributed by atoms with E-state index in [0.29, 0.717) is 46.1 Å². The first-order valence-electron chi connectivity index (χ1n) is 36.2. The molecule has 12 atom stereocenters. The van der Waals surface area contributed by atoms with Crippen LogP contribution < -0.4 is 32.3 Å². The summed E-state index contributed by atoms with van der Waals surface area (Å²) >= 11 is 0. The van der Waals surface area contributed by atoms with Gasteiger partial charge in [-0.2, -0.15) is 20.4 Å². The molecule has 3 aliphatic rings. The average Bonchev–Trinajstić information content (AvgIpc) is 1.59. The van der Waals surface area contributed by atoms with Gasteiger partial charge in [-0.1, -0.05) is 76.4 Å². The second-order valence-electron chi connectivity index (χ2n) is 27.9. The summed E-state index contributed by atoms with van der Waals surface area (Å²) in [6.07, 6.45) is 14.3. The number of halogens is 6. The Labute approximate surface area is 625 Å². The molecular formula is C81H97F6N13O8. The molecule has 27 heteroatoms. The van der Waals surface area contributed by atoms with E-state index in [2.05, 4.69) is 104 Å². The number of benzene rings is 6. The quantitative estimate of drug-likeness (QED) is 0.0150. The third kappa shape index (κ3) is 21.8. The Hall–Kier alpha value is -9.71. The molecule has 3 aliphatic carbocycles. The lowest BCUT2D eigenvalue weighted by atomic mass is 9.97. The standard InChI is InChI=1S/2C26H30F2N4O2.C24H28F2N4O.C5H9NO3/c2*1-3-19-15-26(19,20-6-4-7-23(13-20)32-9-5-8-30-32)29-16-25(34)24(31-17(2)33)12-18-10-21(27)14-22(28)11-18;1-2-17-14-24(17,18-5-3-6-21(12-18)30-8-4-7-29-30)28-15-23(31)22(27)11-16-9-19(25)13-20(26)10-16;1-4(7)6(9-3)5(2)8/h2*4-11,13-14,19,24-25,29,34H,3,12,15-16H2,1-2H3,(H,31,33);3-10,12-13,17,22-23,28,31H,2,11,14-15,27H2,1H3;1-3H3. The second-order valence-corrected chi connectivity index (χ2v) is 27.9. The highest BCUT2D eigenvalue weighted by atomic mass is 19.2. The molecule has 3 saturated carbocycles. The van der Waals surface area contributed by atoms with Crippen LogP contribution in [0.15, 0.2) is 183 Å². The number of carbonyl (C=O) groups is 4. The minimum atomic E-state index is -0.959. The van der Waals surface area contributed by atoms with Crippen LogP contribution in [0.4, 0.5) is 26.3 Å². The Bertz CT molecular complexity index is 4190. The topological polar surface area (TPSA) is 281 Å². The van der Waals surface area contributed by atoms with Crippen molar-refractivity contribution in [2.45, 2.75) is 159 Å². The van der Waals surface area contributed by atoms with Gasteiger partial charge in [-0.3, -0.25) is 24.0 Å². The molecule has 0 bridgehead atoms. The fraction of sp³-hybridized carbons (Fsp3) is 0.395. The van der Waals surface area contributed by atoms with E-state index in [1.807, 2.05) is 77.9 Å². The molecule has 21 nitrogen and oxygen atoms in total. The number of nitrogens with two attached hydrogens (primary N) is 1. The number of aliphatic hydroxyl groups excluding tert-OH is 3. The van der Waals surface area contributed by atoms with Gasteiger partial charge in [0.1, 0.15) is 34.9 Å². The number of aliphatic hydroxyl groups is 3. The maximum atomic E-state index is 13.7. The van der Waals surface area contributed by atoms with Crippen molar-refractivity contribution in [1.29, 1.82) is 0 Å². The van der Waals surface area contributed by atoms with Gasteiger partial charge in [-0.05, 0) is 181 Å². The molecule has 3 aromatic heterocycles. The normalized spacial score (nSPS) is 20.4. The van der Waals surface area contributed by atoms with Crippen molar-refractivity contribution in [2.75, 3.05) is 26.7 Å². The zero-order valence-electron chi connectivity index (χ0n) is 61.9. The van der Waals surface area contributed by atoms with Gasteiger partial charge in [0.05, 0.1) is 54.6 Å². The Kier molecular flexibility index (Phi) is 28.5. The van der Waals surface area contributed by atoms with Crippen molar-refractivity contribution in [3.63, 3.8) is 0 Å². The van der Waals surface area contributed by atoms with Crippen molar-refractivity contribution < 1.29 is 65.7 Å². The van der Waals surface area contributed by atoms with Crippen LogP contribution in [0.2, 0.25) is 0 Å². The van der Waals surface area contributed by atoms with Crippen molar-refractivity contribution >= 4 is 23.6 Å². The second kappa shape index (κ2) is 37.4. The van der Waals surface area contributed by atoms with Crippen molar-refractivity contribution in [3.8, 4) is 17.1 Å². The van der Waals surface area contributed by atoms with Crippen molar-refractivity contribution in [2.24, 2.45) is 23.5 Å². The van der Waals surface area contributed by atoms with E-state index in [1.165, 1.54) is 71.2 Å². The number of hydroxylamine groups is 2. The first-order chi connectivity index (χ1) is 51.6. The fourth-order valence-corrected chi connectivity index (χ4v) is 14.5. The Balaban J connectivity index is 0.000000177. The van der Waals surface area contributed by atoms with Gasteiger partial charge in [0.15, 0.2) is 0 Å². The Morgan fingerprint density at radius 2 is 0.769 bits per heavy atom. The average molecular weight is 1490 g/mol. The van der Waals surface area contributed by atoms with E-state index in [4.69, 9.17) is 5.73 Å². The molecule has 3 heterocycles. The SMILES string of the molecule is CCC1CC1(NCC(O)C(Cc1cc(F)cc(F)c1)NC(C)=O)c1cccc(-n2cccn2)c1.CCC1CC1(NCC(O)C(Cc1cc(F)cc(F)c1)NC(C)=O)c1cccc(-n2cccn2)c1.CCC1CC1(NCC(O)C(N)Cc1cc(F)cc(F)c1)c1cccc(-n2cccn2)c1.CON(C(C)=O)C(C)=O. The summed E-state index contributed by atoms with van der Waals surface area (Å²) in [5.74, 6) is -4.24. The maximum Gasteiger partial charge on any atom is 0.250 e. The highest BCUT2D eigenvalue weighted by Gasteiger charge is 2.56.